The smallest absolute Gasteiger partial charge is 0.342 e. The van der Waals surface area contributed by atoms with Gasteiger partial charge in [0.1, 0.15) is 17.1 Å². The van der Waals surface area contributed by atoms with Crippen molar-refractivity contribution in [3.8, 4) is 11.5 Å². The summed E-state index contributed by atoms with van der Waals surface area (Å²) in [7, 11) is 1.50. The van der Waals surface area contributed by atoms with Crippen molar-refractivity contribution in [3.05, 3.63) is 59.2 Å². The molecule has 22 heavy (non-hydrogen) atoms. The highest BCUT2D eigenvalue weighted by Gasteiger charge is 2.15. The highest BCUT2D eigenvalue weighted by Crippen LogP contribution is 2.19. The number of carbonyl (C=O) groups is 2. The number of rotatable bonds is 5. The second-order valence-electron chi connectivity index (χ2n) is 4.75. The monoisotopic (exact) mass is 300 g/mol. The summed E-state index contributed by atoms with van der Waals surface area (Å²) < 4.78 is 9.98. The normalized spacial score (nSPS) is 10.1. The Morgan fingerprint density at radius 3 is 2.59 bits per heavy atom. The van der Waals surface area contributed by atoms with E-state index in [1.807, 2.05) is 0 Å². The third-order valence-electron chi connectivity index (χ3n) is 3.10. The second-order valence-corrected chi connectivity index (χ2v) is 4.75. The molecule has 0 saturated heterocycles. The van der Waals surface area contributed by atoms with Gasteiger partial charge in [0.15, 0.2) is 12.4 Å². The van der Waals surface area contributed by atoms with Crippen LogP contribution in [-0.4, -0.2) is 30.6 Å². The maximum absolute atomic E-state index is 12.0. The fraction of sp³-hybridized carbons (Fsp3) is 0.176. The number of ether oxygens (including phenoxy) is 2. The quantitative estimate of drug-likeness (QED) is 0.679. The lowest BCUT2D eigenvalue weighted by Crippen LogP contribution is -2.14. The summed E-state index contributed by atoms with van der Waals surface area (Å²) in [5, 5.41) is 9.71. The van der Waals surface area contributed by atoms with Gasteiger partial charge in [-0.25, -0.2) is 4.79 Å². The number of ketones is 1. The third kappa shape index (κ3) is 3.63. The largest absolute Gasteiger partial charge is 0.507 e. The van der Waals surface area contributed by atoms with Crippen molar-refractivity contribution in [1.82, 2.24) is 0 Å². The lowest BCUT2D eigenvalue weighted by Gasteiger charge is -2.07. The number of Topliss-reactive ketones (excluding diaryl/α,β-unsaturated/α-hetero) is 1. The molecule has 0 aliphatic carbocycles. The van der Waals surface area contributed by atoms with Gasteiger partial charge in [-0.1, -0.05) is 18.2 Å². The molecule has 0 aromatic heterocycles. The number of phenols is 1. The molecule has 0 radical (unpaired) electrons. The number of benzene rings is 2. The Balaban J connectivity index is 2.02. The van der Waals surface area contributed by atoms with E-state index in [2.05, 4.69) is 0 Å². The minimum atomic E-state index is -0.742. The van der Waals surface area contributed by atoms with E-state index < -0.39 is 12.6 Å². The molecule has 0 saturated carbocycles. The number of esters is 1. The van der Waals surface area contributed by atoms with Crippen LogP contribution in [0, 0.1) is 6.92 Å². The van der Waals surface area contributed by atoms with Crippen LogP contribution in [0.4, 0.5) is 0 Å². The number of methoxy groups -OCH3 is 1. The molecular formula is C17H16O5. The number of hydrogen-bond acceptors (Lipinski definition) is 5. The molecule has 2 rings (SSSR count). The lowest BCUT2D eigenvalue weighted by molar-refractivity contribution is 0.0472. The first-order valence-electron chi connectivity index (χ1n) is 6.65. The van der Waals surface area contributed by atoms with E-state index in [0.717, 1.165) is 5.56 Å². The average Bonchev–Trinajstić information content (AvgIpc) is 2.52. The van der Waals surface area contributed by atoms with Crippen LogP contribution in [0.1, 0.15) is 26.3 Å². The molecule has 0 atom stereocenters. The minimum Gasteiger partial charge on any atom is -0.507 e. The molecule has 0 spiro atoms. The minimum absolute atomic E-state index is 0.0315. The summed E-state index contributed by atoms with van der Waals surface area (Å²) in [5.41, 5.74) is 1.24. The Morgan fingerprint density at radius 2 is 1.91 bits per heavy atom. The van der Waals surface area contributed by atoms with Crippen molar-refractivity contribution in [3.63, 3.8) is 0 Å². The molecule has 0 heterocycles. The SMILES string of the molecule is COc1cccc(C(=O)COC(=O)c2ccc(C)cc2O)c1. The molecule has 0 aliphatic rings. The zero-order valence-electron chi connectivity index (χ0n) is 12.3. The summed E-state index contributed by atoms with van der Waals surface area (Å²) in [5.74, 6) is -0.709. The average molecular weight is 300 g/mol. The van der Waals surface area contributed by atoms with E-state index in [0.29, 0.717) is 11.3 Å². The summed E-state index contributed by atoms with van der Waals surface area (Å²) in [6.45, 7) is 1.39. The molecule has 2 aromatic rings. The van der Waals surface area contributed by atoms with Gasteiger partial charge < -0.3 is 14.6 Å². The molecule has 0 fully saturated rings. The van der Waals surface area contributed by atoms with Gasteiger partial charge in [-0.15, -0.1) is 0 Å². The van der Waals surface area contributed by atoms with E-state index in [4.69, 9.17) is 9.47 Å². The van der Waals surface area contributed by atoms with E-state index in [1.54, 1.807) is 37.3 Å². The van der Waals surface area contributed by atoms with Gasteiger partial charge in [-0.3, -0.25) is 4.79 Å². The maximum atomic E-state index is 12.0. The van der Waals surface area contributed by atoms with Crippen molar-refractivity contribution in [2.75, 3.05) is 13.7 Å². The Bertz CT molecular complexity index is 706. The van der Waals surface area contributed by atoms with Crippen LogP contribution in [0.15, 0.2) is 42.5 Å². The first-order chi connectivity index (χ1) is 10.5. The number of phenolic OH excluding ortho intramolecular Hbond substituents is 1. The van der Waals surface area contributed by atoms with Gasteiger partial charge >= 0.3 is 5.97 Å². The van der Waals surface area contributed by atoms with Crippen LogP contribution in [-0.2, 0) is 4.74 Å². The summed E-state index contributed by atoms with van der Waals surface area (Å²) in [4.78, 5) is 23.9. The fourth-order valence-electron chi connectivity index (χ4n) is 1.90. The second kappa shape index (κ2) is 6.76. The molecule has 0 bridgehead atoms. The number of hydrogen-bond donors (Lipinski definition) is 1. The topological polar surface area (TPSA) is 72.8 Å². The predicted molar refractivity (Wildman–Crippen MR) is 80.5 cm³/mol. The van der Waals surface area contributed by atoms with Gasteiger partial charge in [-0.2, -0.15) is 0 Å². The van der Waals surface area contributed by atoms with E-state index >= 15 is 0 Å². The van der Waals surface area contributed by atoms with Crippen molar-refractivity contribution in [1.29, 1.82) is 0 Å². The van der Waals surface area contributed by atoms with Gasteiger partial charge in [0.25, 0.3) is 0 Å². The number of aryl methyl sites for hydroxylation is 1. The Kier molecular flexibility index (Phi) is 4.78. The van der Waals surface area contributed by atoms with Gasteiger partial charge in [0.2, 0.25) is 0 Å². The summed E-state index contributed by atoms with van der Waals surface area (Å²) >= 11 is 0. The van der Waals surface area contributed by atoms with Crippen LogP contribution >= 0.6 is 0 Å². The first-order valence-corrected chi connectivity index (χ1v) is 6.65. The molecule has 0 amide bonds. The van der Waals surface area contributed by atoms with Crippen LogP contribution < -0.4 is 4.74 Å². The fourth-order valence-corrected chi connectivity index (χ4v) is 1.90. The summed E-state index contributed by atoms with van der Waals surface area (Å²) in [6, 6.07) is 11.2. The van der Waals surface area contributed by atoms with E-state index in [9.17, 15) is 14.7 Å². The van der Waals surface area contributed by atoms with Crippen molar-refractivity contribution in [2.45, 2.75) is 6.92 Å². The maximum Gasteiger partial charge on any atom is 0.342 e. The highest BCUT2D eigenvalue weighted by molar-refractivity contribution is 6.00. The van der Waals surface area contributed by atoms with Crippen LogP contribution in [0.2, 0.25) is 0 Å². The van der Waals surface area contributed by atoms with Crippen molar-refractivity contribution >= 4 is 11.8 Å². The van der Waals surface area contributed by atoms with Crippen molar-refractivity contribution in [2.24, 2.45) is 0 Å². The zero-order chi connectivity index (χ0) is 16.1. The van der Waals surface area contributed by atoms with E-state index in [-0.39, 0.29) is 17.1 Å². The lowest BCUT2D eigenvalue weighted by atomic mass is 10.1. The third-order valence-corrected chi connectivity index (χ3v) is 3.10. The van der Waals surface area contributed by atoms with Gasteiger partial charge in [-0.05, 0) is 36.8 Å². The molecule has 2 aromatic carbocycles. The number of carbonyl (C=O) groups excluding carboxylic acids is 2. The van der Waals surface area contributed by atoms with E-state index in [1.165, 1.54) is 19.2 Å². The first kappa shape index (κ1) is 15.6. The Hall–Kier alpha value is -2.82. The highest BCUT2D eigenvalue weighted by atomic mass is 16.5. The van der Waals surface area contributed by atoms with Gasteiger partial charge in [0.05, 0.1) is 7.11 Å². The van der Waals surface area contributed by atoms with Crippen LogP contribution in [0.3, 0.4) is 0 Å². The molecule has 5 nitrogen and oxygen atoms in total. The standard InChI is InChI=1S/C17H16O5/c1-11-6-7-14(15(18)8-11)17(20)22-10-16(19)12-4-3-5-13(9-12)21-2/h3-9,18H,10H2,1-2H3. The predicted octanol–water partition coefficient (Wildman–Crippen LogP) is 2.75. The Labute approximate surface area is 128 Å². The molecule has 5 heteroatoms. The van der Waals surface area contributed by atoms with Crippen LogP contribution in [0.25, 0.3) is 0 Å². The molecule has 1 N–H and O–H groups in total. The van der Waals surface area contributed by atoms with Crippen molar-refractivity contribution < 1.29 is 24.2 Å². The van der Waals surface area contributed by atoms with Crippen LogP contribution in [0.5, 0.6) is 11.5 Å². The molecule has 114 valence electrons. The zero-order valence-corrected chi connectivity index (χ0v) is 12.3. The molecule has 0 unspecified atom stereocenters. The Morgan fingerprint density at radius 1 is 1.14 bits per heavy atom. The van der Waals surface area contributed by atoms with Gasteiger partial charge in [0, 0.05) is 5.56 Å². The molecular weight excluding hydrogens is 284 g/mol. The molecule has 0 aliphatic heterocycles. The number of aromatic hydroxyl groups is 1. The summed E-state index contributed by atoms with van der Waals surface area (Å²) in [6.07, 6.45) is 0.